The van der Waals surface area contributed by atoms with Gasteiger partial charge in [0.2, 0.25) is 15.9 Å². The zero-order valence-electron chi connectivity index (χ0n) is 11.3. The fraction of sp³-hybridized carbons (Fsp3) is 0.462. The molecule has 0 unspecified atom stereocenters. The Hall–Kier alpha value is -1.60. The second-order valence-corrected chi connectivity index (χ2v) is 6.41. The van der Waals surface area contributed by atoms with E-state index < -0.39 is 10.0 Å². The van der Waals surface area contributed by atoms with Crippen molar-refractivity contribution in [2.45, 2.75) is 30.6 Å². The van der Waals surface area contributed by atoms with Gasteiger partial charge < -0.3 is 10.1 Å². The van der Waals surface area contributed by atoms with Crippen molar-refractivity contribution in [1.29, 1.82) is 0 Å². The van der Waals surface area contributed by atoms with E-state index in [0.29, 0.717) is 5.69 Å². The number of rotatable bonds is 4. The molecule has 1 fully saturated rings. The number of benzene rings is 1. The summed E-state index contributed by atoms with van der Waals surface area (Å²) < 4.78 is 27.7. The Morgan fingerprint density at radius 3 is 2.55 bits per heavy atom. The molecule has 0 saturated heterocycles. The highest BCUT2D eigenvalue weighted by molar-refractivity contribution is 7.89. The van der Waals surface area contributed by atoms with E-state index in [0.717, 1.165) is 25.7 Å². The van der Waals surface area contributed by atoms with Crippen molar-refractivity contribution < 1.29 is 17.9 Å². The molecule has 20 heavy (non-hydrogen) atoms. The number of anilines is 1. The Morgan fingerprint density at radius 1 is 1.35 bits per heavy atom. The normalized spacial score (nSPS) is 16.1. The highest BCUT2D eigenvalue weighted by atomic mass is 32.2. The molecule has 0 atom stereocenters. The predicted octanol–water partition coefficient (Wildman–Crippen LogP) is 1.47. The van der Waals surface area contributed by atoms with Crippen molar-refractivity contribution in [2.24, 2.45) is 11.1 Å². The third kappa shape index (κ3) is 3.29. The molecule has 1 aliphatic rings. The largest absolute Gasteiger partial charge is 0.495 e. The van der Waals surface area contributed by atoms with Crippen LogP contribution in [-0.4, -0.2) is 21.4 Å². The van der Waals surface area contributed by atoms with Gasteiger partial charge in [0.05, 0.1) is 7.11 Å². The first-order valence-electron chi connectivity index (χ1n) is 6.43. The van der Waals surface area contributed by atoms with Crippen molar-refractivity contribution in [3.05, 3.63) is 18.2 Å². The number of primary sulfonamides is 1. The Morgan fingerprint density at radius 2 is 2.00 bits per heavy atom. The Bertz CT molecular complexity index is 607. The molecule has 1 aromatic carbocycles. The standard InChI is InChI=1S/C13H18N2O4S/c1-19-11-8-10(6-7-12(11)20(14,17)18)15-13(16)9-4-2-3-5-9/h6-9H,2-5H2,1H3,(H,15,16)(H2,14,17,18). The number of methoxy groups -OCH3 is 1. The smallest absolute Gasteiger partial charge is 0.241 e. The summed E-state index contributed by atoms with van der Waals surface area (Å²) in [5.74, 6) is 0.128. The summed E-state index contributed by atoms with van der Waals surface area (Å²) in [6.07, 6.45) is 3.95. The van der Waals surface area contributed by atoms with Crippen LogP contribution < -0.4 is 15.2 Å². The number of nitrogens with two attached hydrogens (primary N) is 1. The van der Waals surface area contributed by atoms with Crippen LogP contribution in [0, 0.1) is 5.92 Å². The molecule has 0 radical (unpaired) electrons. The van der Waals surface area contributed by atoms with Crippen LogP contribution in [0.1, 0.15) is 25.7 Å². The maximum atomic E-state index is 12.0. The highest BCUT2D eigenvalue weighted by Crippen LogP contribution is 2.29. The molecule has 0 spiro atoms. The lowest BCUT2D eigenvalue weighted by Crippen LogP contribution is -2.20. The highest BCUT2D eigenvalue weighted by Gasteiger charge is 2.23. The van der Waals surface area contributed by atoms with Crippen LogP contribution in [0.3, 0.4) is 0 Å². The number of hydrogen-bond acceptors (Lipinski definition) is 4. The van der Waals surface area contributed by atoms with Crippen molar-refractivity contribution in [3.8, 4) is 5.75 Å². The summed E-state index contributed by atoms with van der Waals surface area (Å²) in [6, 6.07) is 4.31. The van der Waals surface area contributed by atoms with E-state index in [1.54, 1.807) is 0 Å². The lowest BCUT2D eigenvalue weighted by Gasteiger charge is -2.12. The monoisotopic (exact) mass is 298 g/mol. The molecule has 7 heteroatoms. The van der Waals surface area contributed by atoms with E-state index in [4.69, 9.17) is 9.88 Å². The molecule has 1 amide bonds. The first kappa shape index (κ1) is 14.8. The van der Waals surface area contributed by atoms with Crippen molar-refractivity contribution in [3.63, 3.8) is 0 Å². The first-order valence-corrected chi connectivity index (χ1v) is 7.98. The SMILES string of the molecule is COc1cc(NC(=O)C2CCCC2)ccc1S(N)(=O)=O. The van der Waals surface area contributed by atoms with E-state index >= 15 is 0 Å². The van der Waals surface area contributed by atoms with E-state index in [1.165, 1.54) is 25.3 Å². The number of nitrogens with one attached hydrogen (secondary N) is 1. The average Bonchev–Trinajstić information content (AvgIpc) is 2.91. The first-order chi connectivity index (χ1) is 9.41. The van der Waals surface area contributed by atoms with E-state index in [1.807, 2.05) is 0 Å². The minimum absolute atomic E-state index is 0.0343. The molecule has 1 aromatic rings. The summed E-state index contributed by atoms with van der Waals surface area (Å²) in [7, 11) is -2.49. The number of carbonyl (C=O) groups excluding carboxylic acids is 1. The zero-order chi connectivity index (χ0) is 14.8. The summed E-state index contributed by atoms with van der Waals surface area (Å²) in [5, 5.41) is 7.87. The zero-order valence-corrected chi connectivity index (χ0v) is 12.1. The molecule has 0 bridgehead atoms. The van der Waals surface area contributed by atoms with E-state index in [9.17, 15) is 13.2 Å². The van der Waals surface area contributed by atoms with Crippen LogP contribution in [0.5, 0.6) is 5.75 Å². The van der Waals surface area contributed by atoms with Crippen LogP contribution in [0.2, 0.25) is 0 Å². The van der Waals surface area contributed by atoms with Gasteiger partial charge in [-0.3, -0.25) is 4.79 Å². The van der Waals surface area contributed by atoms with Crippen molar-refractivity contribution in [1.82, 2.24) is 0 Å². The van der Waals surface area contributed by atoms with Crippen LogP contribution in [-0.2, 0) is 14.8 Å². The molecule has 0 aliphatic heterocycles. The minimum Gasteiger partial charge on any atom is -0.495 e. The summed E-state index contributed by atoms with van der Waals surface area (Å²) in [6.45, 7) is 0. The van der Waals surface area contributed by atoms with Crippen LogP contribution in [0.15, 0.2) is 23.1 Å². The molecule has 0 heterocycles. The molecule has 3 N–H and O–H groups in total. The average molecular weight is 298 g/mol. The lowest BCUT2D eigenvalue weighted by atomic mass is 10.1. The fourth-order valence-electron chi connectivity index (χ4n) is 2.41. The Balaban J connectivity index is 2.19. The Labute approximate surface area is 118 Å². The minimum atomic E-state index is -3.84. The third-order valence-corrected chi connectivity index (χ3v) is 4.41. The molecule has 1 aliphatic carbocycles. The number of sulfonamides is 1. The van der Waals surface area contributed by atoms with Gasteiger partial charge in [-0.1, -0.05) is 12.8 Å². The molecular weight excluding hydrogens is 280 g/mol. The number of carbonyl (C=O) groups is 1. The maximum absolute atomic E-state index is 12.0. The van der Waals surface area contributed by atoms with Gasteiger partial charge in [0, 0.05) is 17.7 Å². The Kier molecular flexibility index (Phi) is 4.29. The third-order valence-electron chi connectivity index (χ3n) is 3.46. The number of hydrogen-bond donors (Lipinski definition) is 2. The molecule has 6 nitrogen and oxygen atoms in total. The van der Waals surface area contributed by atoms with E-state index in [-0.39, 0.29) is 22.5 Å². The number of amides is 1. The molecule has 1 saturated carbocycles. The van der Waals surface area contributed by atoms with E-state index in [2.05, 4.69) is 5.32 Å². The van der Waals surface area contributed by atoms with Gasteiger partial charge in [-0.05, 0) is 25.0 Å². The van der Waals surface area contributed by atoms with Gasteiger partial charge in [0.15, 0.2) is 0 Å². The van der Waals surface area contributed by atoms with Gasteiger partial charge in [-0.15, -0.1) is 0 Å². The number of ether oxygens (including phenoxy) is 1. The molecule has 0 aromatic heterocycles. The van der Waals surface area contributed by atoms with Gasteiger partial charge in [-0.25, -0.2) is 13.6 Å². The van der Waals surface area contributed by atoms with Crippen LogP contribution >= 0.6 is 0 Å². The fourth-order valence-corrected chi connectivity index (χ4v) is 3.09. The van der Waals surface area contributed by atoms with Gasteiger partial charge in [-0.2, -0.15) is 0 Å². The van der Waals surface area contributed by atoms with Crippen LogP contribution in [0.4, 0.5) is 5.69 Å². The summed E-state index contributed by atoms with van der Waals surface area (Å²) in [5.41, 5.74) is 0.506. The molecule has 110 valence electrons. The van der Waals surface area contributed by atoms with Gasteiger partial charge >= 0.3 is 0 Å². The molecular formula is C13H18N2O4S. The summed E-state index contributed by atoms with van der Waals surface area (Å²) >= 11 is 0. The summed E-state index contributed by atoms with van der Waals surface area (Å²) in [4.78, 5) is 11.9. The topological polar surface area (TPSA) is 98.5 Å². The van der Waals surface area contributed by atoms with Crippen molar-refractivity contribution >= 4 is 21.6 Å². The quantitative estimate of drug-likeness (QED) is 0.879. The van der Waals surface area contributed by atoms with Crippen molar-refractivity contribution in [2.75, 3.05) is 12.4 Å². The van der Waals surface area contributed by atoms with Gasteiger partial charge in [0.1, 0.15) is 10.6 Å². The van der Waals surface area contributed by atoms with Crippen LogP contribution in [0.25, 0.3) is 0 Å². The maximum Gasteiger partial charge on any atom is 0.241 e. The second kappa shape index (κ2) is 5.80. The molecule has 2 rings (SSSR count). The lowest BCUT2D eigenvalue weighted by molar-refractivity contribution is -0.119. The van der Waals surface area contributed by atoms with Gasteiger partial charge in [0.25, 0.3) is 0 Å². The predicted molar refractivity (Wildman–Crippen MR) is 75.0 cm³/mol. The second-order valence-electron chi connectivity index (χ2n) is 4.88.